The van der Waals surface area contributed by atoms with E-state index in [0.717, 1.165) is 5.92 Å². The van der Waals surface area contributed by atoms with E-state index in [9.17, 15) is 0 Å². The molecule has 0 amide bonds. The Morgan fingerprint density at radius 1 is 0.696 bits per heavy atom. The Balaban J connectivity index is 2.36. The smallest absolute Gasteiger partial charge is 0.0163 e. The SMILES string of the molecule is CCCCCCCC1=CC=C(CCCCCCC)C(CCC)C1. The maximum Gasteiger partial charge on any atom is -0.0163 e. The summed E-state index contributed by atoms with van der Waals surface area (Å²) in [5.74, 6) is 0.863. The van der Waals surface area contributed by atoms with Gasteiger partial charge in [0.1, 0.15) is 0 Å². The molecule has 1 aliphatic carbocycles. The zero-order chi connectivity index (χ0) is 16.8. The van der Waals surface area contributed by atoms with Gasteiger partial charge in [0.25, 0.3) is 0 Å². The molecular formula is C23H42. The second-order valence-corrected chi connectivity index (χ2v) is 7.58. The van der Waals surface area contributed by atoms with E-state index in [4.69, 9.17) is 0 Å². The molecule has 0 heterocycles. The van der Waals surface area contributed by atoms with Gasteiger partial charge in [-0.05, 0) is 44.4 Å². The van der Waals surface area contributed by atoms with Crippen LogP contribution in [0, 0.1) is 5.92 Å². The zero-order valence-electron chi connectivity index (χ0n) is 16.3. The first-order chi connectivity index (χ1) is 11.3. The van der Waals surface area contributed by atoms with E-state index in [-0.39, 0.29) is 0 Å². The molecule has 0 saturated carbocycles. The van der Waals surface area contributed by atoms with Gasteiger partial charge in [-0.25, -0.2) is 0 Å². The van der Waals surface area contributed by atoms with Crippen molar-refractivity contribution in [3.8, 4) is 0 Å². The third-order valence-corrected chi connectivity index (χ3v) is 5.37. The standard InChI is InChI=1S/C23H42/c1-4-7-9-11-13-16-21-18-19-22(23(20-21)15-6-3)17-14-12-10-8-5-2/h18-19,23H,4-17,20H2,1-3H3. The van der Waals surface area contributed by atoms with Gasteiger partial charge in [-0.1, -0.05) is 102 Å². The largest absolute Gasteiger partial charge is 0.0696 e. The molecule has 1 unspecified atom stereocenters. The highest BCUT2D eigenvalue weighted by atomic mass is 14.2. The van der Waals surface area contributed by atoms with E-state index in [1.807, 2.05) is 0 Å². The van der Waals surface area contributed by atoms with Crippen molar-refractivity contribution < 1.29 is 0 Å². The average Bonchev–Trinajstić information content (AvgIpc) is 2.56. The van der Waals surface area contributed by atoms with Gasteiger partial charge in [-0.15, -0.1) is 0 Å². The summed E-state index contributed by atoms with van der Waals surface area (Å²) < 4.78 is 0. The van der Waals surface area contributed by atoms with Gasteiger partial charge in [0.15, 0.2) is 0 Å². The molecule has 0 saturated heterocycles. The fourth-order valence-electron chi connectivity index (χ4n) is 3.87. The molecule has 0 aromatic carbocycles. The van der Waals surface area contributed by atoms with Crippen LogP contribution in [0.4, 0.5) is 0 Å². The maximum absolute atomic E-state index is 2.50. The summed E-state index contributed by atoms with van der Waals surface area (Å²) >= 11 is 0. The topological polar surface area (TPSA) is 0 Å². The summed E-state index contributed by atoms with van der Waals surface area (Å²) in [6.45, 7) is 6.95. The Labute approximate surface area is 146 Å². The molecule has 0 radical (unpaired) electrons. The molecule has 0 heteroatoms. The van der Waals surface area contributed by atoms with Crippen molar-refractivity contribution >= 4 is 0 Å². The molecule has 1 atom stereocenters. The summed E-state index contributed by atoms with van der Waals surface area (Å²) in [6, 6.07) is 0. The number of unbranched alkanes of at least 4 members (excludes halogenated alkanes) is 8. The van der Waals surface area contributed by atoms with E-state index < -0.39 is 0 Å². The Kier molecular flexibility index (Phi) is 12.4. The highest BCUT2D eigenvalue weighted by molar-refractivity contribution is 5.26. The van der Waals surface area contributed by atoms with Crippen LogP contribution >= 0.6 is 0 Å². The molecule has 0 aromatic heterocycles. The lowest BCUT2D eigenvalue weighted by Crippen LogP contribution is -2.09. The summed E-state index contributed by atoms with van der Waals surface area (Å²) in [7, 11) is 0. The zero-order valence-corrected chi connectivity index (χ0v) is 16.3. The fourth-order valence-corrected chi connectivity index (χ4v) is 3.87. The molecule has 0 bridgehead atoms. The van der Waals surface area contributed by atoms with Gasteiger partial charge < -0.3 is 0 Å². The lowest BCUT2D eigenvalue weighted by molar-refractivity contribution is 0.496. The van der Waals surface area contributed by atoms with Crippen molar-refractivity contribution in [2.24, 2.45) is 5.92 Å². The molecule has 134 valence electrons. The molecule has 0 aliphatic heterocycles. The van der Waals surface area contributed by atoms with Crippen LogP contribution < -0.4 is 0 Å². The molecule has 0 N–H and O–H groups in total. The summed E-state index contributed by atoms with van der Waals surface area (Å²) in [5, 5.41) is 0. The Bertz CT molecular complexity index is 334. The van der Waals surface area contributed by atoms with Gasteiger partial charge in [-0.2, -0.15) is 0 Å². The van der Waals surface area contributed by atoms with Crippen molar-refractivity contribution in [3.05, 3.63) is 23.3 Å². The van der Waals surface area contributed by atoms with Gasteiger partial charge in [-0.3, -0.25) is 0 Å². The van der Waals surface area contributed by atoms with E-state index in [1.54, 1.807) is 11.1 Å². The normalized spacial score (nSPS) is 18.0. The van der Waals surface area contributed by atoms with Crippen LogP contribution in [0.1, 0.15) is 117 Å². The first kappa shape index (κ1) is 20.5. The molecule has 23 heavy (non-hydrogen) atoms. The van der Waals surface area contributed by atoms with E-state index in [1.165, 1.54) is 96.3 Å². The lowest BCUT2D eigenvalue weighted by Gasteiger charge is -2.25. The second-order valence-electron chi connectivity index (χ2n) is 7.58. The maximum atomic E-state index is 2.50. The third-order valence-electron chi connectivity index (χ3n) is 5.37. The minimum Gasteiger partial charge on any atom is -0.0696 e. The number of allylic oxidation sites excluding steroid dienone is 4. The molecule has 1 rings (SSSR count). The van der Waals surface area contributed by atoms with Crippen molar-refractivity contribution in [2.45, 2.75) is 117 Å². The molecule has 0 aromatic rings. The minimum absolute atomic E-state index is 0.863. The van der Waals surface area contributed by atoms with E-state index in [0.29, 0.717) is 0 Å². The van der Waals surface area contributed by atoms with Gasteiger partial charge in [0.05, 0.1) is 0 Å². The van der Waals surface area contributed by atoms with Crippen molar-refractivity contribution in [2.75, 3.05) is 0 Å². The molecule has 1 aliphatic rings. The lowest BCUT2D eigenvalue weighted by atomic mass is 9.80. The highest BCUT2D eigenvalue weighted by Crippen LogP contribution is 2.34. The van der Waals surface area contributed by atoms with Crippen LogP contribution in [-0.4, -0.2) is 0 Å². The third kappa shape index (κ3) is 9.38. The van der Waals surface area contributed by atoms with E-state index >= 15 is 0 Å². The van der Waals surface area contributed by atoms with Gasteiger partial charge in [0, 0.05) is 0 Å². The quantitative estimate of drug-likeness (QED) is 0.282. The summed E-state index contributed by atoms with van der Waals surface area (Å²) in [4.78, 5) is 0. The van der Waals surface area contributed by atoms with Crippen molar-refractivity contribution in [1.29, 1.82) is 0 Å². The molecule has 0 fully saturated rings. The Morgan fingerprint density at radius 3 is 1.91 bits per heavy atom. The first-order valence-corrected chi connectivity index (χ1v) is 10.7. The van der Waals surface area contributed by atoms with Crippen LogP contribution in [-0.2, 0) is 0 Å². The molecular weight excluding hydrogens is 276 g/mol. The van der Waals surface area contributed by atoms with Gasteiger partial charge >= 0.3 is 0 Å². The highest BCUT2D eigenvalue weighted by Gasteiger charge is 2.18. The second kappa shape index (κ2) is 13.9. The first-order valence-electron chi connectivity index (χ1n) is 10.7. The Morgan fingerprint density at radius 2 is 1.30 bits per heavy atom. The minimum atomic E-state index is 0.863. The molecule has 0 spiro atoms. The number of hydrogen-bond donors (Lipinski definition) is 0. The monoisotopic (exact) mass is 318 g/mol. The number of hydrogen-bond acceptors (Lipinski definition) is 0. The molecule has 0 nitrogen and oxygen atoms in total. The van der Waals surface area contributed by atoms with Crippen LogP contribution in [0.25, 0.3) is 0 Å². The number of rotatable bonds is 14. The van der Waals surface area contributed by atoms with Crippen molar-refractivity contribution in [3.63, 3.8) is 0 Å². The van der Waals surface area contributed by atoms with Crippen molar-refractivity contribution in [1.82, 2.24) is 0 Å². The Hall–Kier alpha value is -0.520. The van der Waals surface area contributed by atoms with Crippen LogP contribution in [0.3, 0.4) is 0 Å². The fraction of sp³-hybridized carbons (Fsp3) is 0.826. The van der Waals surface area contributed by atoms with Crippen LogP contribution in [0.5, 0.6) is 0 Å². The van der Waals surface area contributed by atoms with E-state index in [2.05, 4.69) is 32.9 Å². The van der Waals surface area contributed by atoms with Gasteiger partial charge in [0.2, 0.25) is 0 Å². The predicted octanol–water partition coefficient (Wildman–Crippen LogP) is 8.38. The predicted molar refractivity (Wildman–Crippen MR) is 106 cm³/mol. The summed E-state index contributed by atoms with van der Waals surface area (Å²) in [5.41, 5.74) is 3.49. The average molecular weight is 319 g/mol. The van der Waals surface area contributed by atoms with Crippen LogP contribution in [0.2, 0.25) is 0 Å². The summed E-state index contributed by atoms with van der Waals surface area (Å²) in [6.07, 6.45) is 25.9. The van der Waals surface area contributed by atoms with Crippen LogP contribution in [0.15, 0.2) is 23.3 Å².